The highest BCUT2D eigenvalue weighted by Crippen LogP contribution is 2.29. The quantitative estimate of drug-likeness (QED) is 0.936. The van der Waals surface area contributed by atoms with Crippen molar-refractivity contribution in [1.29, 1.82) is 0 Å². The molecule has 1 N–H and O–H groups in total. The number of rotatable bonds is 4. The molecule has 0 aliphatic heterocycles. The van der Waals surface area contributed by atoms with E-state index in [9.17, 15) is 8.42 Å². The number of ether oxygens (including phenoxy) is 1. The van der Waals surface area contributed by atoms with Crippen molar-refractivity contribution >= 4 is 26.7 Å². The number of anilines is 1. The third kappa shape index (κ3) is 2.91. The Morgan fingerprint density at radius 1 is 1.20 bits per heavy atom. The lowest BCUT2D eigenvalue weighted by Gasteiger charge is -2.12. The molecule has 0 amide bonds. The number of hydrogen-bond acceptors (Lipinski definition) is 6. The highest BCUT2D eigenvalue weighted by molar-refractivity contribution is 7.93. The van der Waals surface area contributed by atoms with Gasteiger partial charge in [0.1, 0.15) is 16.5 Å². The van der Waals surface area contributed by atoms with Crippen LogP contribution >= 0.6 is 11.5 Å². The molecule has 6 nitrogen and oxygen atoms in total. The Morgan fingerprint density at radius 3 is 2.40 bits per heavy atom. The van der Waals surface area contributed by atoms with E-state index in [2.05, 4.69) is 14.1 Å². The zero-order valence-corrected chi connectivity index (χ0v) is 13.2. The van der Waals surface area contributed by atoms with Gasteiger partial charge in [-0.1, -0.05) is 0 Å². The molecule has 1 aromatic heterocycles. The Morgan fingerprint density at radius 2 is 1.85 bits per heavy atom. The molecule has 0 radical (unpaired) electrons. The summed E-state index contributed by atoms with van der Waals surface area (Å²) < 4.78 is 36.3. The van der Waals surface area contributed by atoms with Crippen LogP contribution in [0.1, 0.15) is 17.0 Å². The molecule has 0 saturated carbocycles. The van der Waals surface area contributed by atoms with E-state index in [1.807, 2.05) is 13.8 Å². The summed E-state index contributed by atoms with van der Waals surface area (Å²) >= 11 is 1.000. The van der Waals surface area contributed by atoms with Crippen molar-refractivity contribution in [2.45, 2.75) is 25.7 Å². The van der Waals surface area contributed by atoms with Crippen LogP contribution in [0.3, 0.4) is 0 Å². The van der Waals surface area contributed by atoms with Crippen LogP contribution in [-0.4, -0.2) is 24.9 Å². The molecule has 0 aliphatic carbocycles. The summed E-state index contributed by atoms with van der Waals surface area (Å²) in [6, 6.07) is 3.29. The molecule has 8 heteroatoms. The molecule has 0 fully saturated rings. The van der Waals surface area contributed by atoms with Crippen molar-refractivity contribution in [3.63, 3.8) is 0 Å². The second-order valence-corrected chi connectivity index (χ2v) is 6.74. The van der Waals surface area contributed by atoms with E-state index in [1.165, 1.54) is 7.11 Å². The monoisotopic (exact) mass is 313 g/mol. The minimum atomic E-state index is -3.75. The Balaban J connectivity index is 2.46. The summed E-state index contributed by atoms with van der Waals surface area (Å²) in [5, 5.41) is 0.239. The number of nitrogens with one attached hydrogen (secondary N) is 1. The van der Waals surface area contributed by atoms with Crippen molar-refractivity contribution in [3.05, 3.63) is 29.1 Å². The van der Waals surface area contributed by atoms with E-state index in [-0.39, 0.29) is 10.0 Å². The zero-order chi connectivity index (χ0) is 14.9. The summed E-state index contributed by atoms with van der Waals surface area (Å²) in [4.78, 5) is 4.09. The minimum absolute atomic E-state index is 0.0935. The van der Waals surface area contributed by atoms with Gasteiger partial charge < -0.3 is 4.74 Å². The largest absolute Gasteiger partial charge is 0.495 e. The maximum atomic E-state index is 12.4. The van der Waals surface area contributed by atoms with Crippen molar-refractivity contribution in [2.75, 3.05) is 11.8 Å². The lowest BCUT2D eigenvalue weighted by atomic mass is 10.1. The van der Waals surface area contributed by atoms with Crippen molar-refractivity contribution in [2.24, 2.45) is 0 Å². The number of aryl methyl sites for hydroxylation is 3. The van der Waals surface area contributed by atoms with Gasteiger partial charge in [-0.25, -0.2) is 13.4 Å². The smallest absolute Gasteiger partial charge is 0.267 e. The fourth-order valence-electron chi connectivity index (χ4n) is 1.64. The summed E-state index contributed by atoms with van der Waals surface area (Å²) in [6.45, 7) is 5.45. The molecular formula is C12H15N3O3S2. The highest BCUT2D eigenvalue weighted by atomic mass is 32.2. The van der Waals surface area contributed by atoms with Gasteiger partial charge in [-0.2, -0.15) is 4.37 Å². The highest BCUT2D eigenvalue weighted by Gasteiger charge is 2.22. The number of hydrogen-bond donors (Lipinski definition) is 1. The summed E-state index contributed by atoms with van der Waals surface area (Å²) in [5.41, 5.74) is 1.84. The third-order valence-electron chi connectivity index (χ3n) is 2.82. The average Bonchev–Trinajstić information content (AvgIpc) is 2.76. The van der Waals surface area contributed by atoms with Crippen molar-refractivity contribution < 1.29 is 13.2 Å². The van der Waals surface area contributed by atoms with Crippen LogP contribution in [0.2, 0.25) is 0 Å². The van der Waals surface area contributed by atoms with Gasteiger partial charge in [-0.3, -0.25) is 4.72 Å². The molecule has 1 heterocycles. The Bertz CT molecular complexity index is 738. The first kappa shape index (κ1) is 14.7. The van der Waals surface area contributed by atoms with E-state index in [4.69, 9.17) is 4.74 Å². The lowest BCUT2D eigenvalue weighted by Crippen LogP contribution is -2.14. The van der Waals surface area contributed by atoms with E-state index in [1.54, 1.807) is 19.1 Å². The SMILES string of the molecule is COc1cc(C)c(C)cc1S(=O)(=O)Nc1nc(C)ns1. The molecule has 2 rings (SSSR count). The van der Waals surface area contributed by atoms with E-state index < -0.39 is 10.0 Å². The van der Waals surface area contributed by atoms with Gasteiger partial charge in [0.15, 0.2) is 0 Å². The molecule has 0 atom stereocenters. The zero-order valence-electron chi connectivity index (χ0n) is 11.6. The van der Waals surface area contributed by atoms with Gasteiger partial charge in [0.05, 0.1) is 7.11 Å². The summed E-state index contributed by atoms with van der Waals surface area (Å²) in [5.74, 6) is 0.835. The van der Waals surface area contributed by atoms with Gasteiger partial charge in [-0.05, 0) is 44.0 Å². The van der Waals surface area contributed by atoms with Crippen LogP contribution in [0.4, 0.5) is 5.13 Å². The number of benzene rings is 1. The summed E-state index contributed by atoms with van der Waals surface area (Å²) in [7, 11) is -2.31. The van der Waals surface area contributed by atoms with Crippen LogP contribution in [0.15, 0.2) is 17.0 Å². The predicted octanol–water partition coefficient (Wildman–Crippen LogP) is 2.27. The molecule has 1 aromatic carbocycles. The Hall–Kier alpha value is -1.67. The van der Waals surface area contributed by atoms with Crippen molar-refractivity contribution in [3.8, 4) is 5.75 Å². The molecule has 0 aliphatic rings. The normalized spacial score (nSPS) is 11.4. The van der Waals surface area contributed by atoms with Gasteiger partial charge in [0, 0.05) is 11.5 Å². The Kier molecular flexibility index (Phi) is 3.96. The van der Waals surface area contributed by atoms with Gasteiger partial charge in [-0.15, -0.1) is 0 Å². The second-order valence-electron chi connectivity index (χ2n) is 4.34. The van der Waals surface area contributed by atoms with Crippen LogP contribution in [-0.2, 0) is 10.0 Å². The molecule has 0 saturated heterocycles. The maximum absolute atomic E-state index is 12.4. The van der Waals surface area contributed by atoms with Crippen LogP contribution < -0.4 is 9.46 Å². The van der Waals surface area contributed by atoms with Gasteiger partial charge >= 0.3 is 0 Å². The molecular weight excluding hydrogens is 298 g/mol. The number of nitrogens with zero attached hydrogens (tertiary/aromatic N) is 2. The standard InChI is InChI=1S/C12H15N3O3S2/c1-7-5-10(18-4)11(6-8(7)2)20(16,17)15-12-13-9(3)14-19-12/h5-6H,1-4H3,(H,13,14,15). The van der Waals surface area contributed by atoms with Crippen molar-refractivity contribution in [1.82, 2.24) is 9.36 Å². The van der Waals surface area contributed by atoms with Gasteiger partial charge in [0.25, 0.3) is 10.0 Å². The number of aromatic nitrogens is 2. The second kappa shape index (κ2) is 5.37. The first-order valence-electron chi connectivity index (χ1n) is 5.82. The topological polar surface area (TPSA) is 81.2 Å². The first-order chi connectivity index (χ1) is 9.33. The molecule has 0 bridgehead atoms. The summed E-state index contributed by atoms with van der Waals surface area (Å²) in [6.07, 6.45) is 0. The van der Waals surface area contributed by atoms with Crippen LogP contribution in [0.25, 0.3) is 0 Å². The van der Waals surface area contributed by atoms with E-state index in [0.29, 0.717) is 11.6 Å². The number of methoxy groups -OCH3 is 1. The Labute approximate surface area is 122 Å². The first-order valence-corrected chi connectivity index (χ1v) is 8.07. The van der Waals surface area contributed by atoms with E-state index >= 15 is 0 Å². The number of sulfonamides is 1. The van der Waals surface area contributed by atoms with E-state index in [0.717, 1.165) is 22.7 Å². The molecule has 0 spiro atoms. The molecule has 2 aromatic rings. The minimum Gasteiger partial charge on any atom is -0.495 e. The van der Waals surface area contributed by atoms with Crippen LogP contribution in [0, 0.1) is 20.8 Å². The third-order valence-corrected chi connectivity index (χ3v) is 5.03. The van der Waals surface area contributed by atoms with Gasteiger partial charge in [0.2, 0.25) is 5.13 Å². The molecule has 0 unspecified atom stereocenters. The maximum Gasteiger partial charge on any atom is 0.267 e. The average molecular weight is 313 g/mol. The predicted molar refractivity (Wildman–Crippen MR) is 77.9 cm³/mol. The fourth-order valence-corrected chi connectivity index (χ4v) is 3.68. The lowest BCUT2D eigenvalue weighted by molar-refractivity contribution is 0.402. The van der Waals surface area contributed by atoms with Crippen LogP contribution in [0.5, 0.6) is 5.75 Å². The fraction of sp³-hybridized carbons (Fsp3) is 0.333. The molecule has 20 heavy (non-hydrogen) atoms. The molecule has 108 valence electrons.